The highest BCUT2D eigenvalue weighted by Crippen LogP contribution is 2.42. The zero-order valence-corrected chi connectivity index (χ0v) is 24.9. The Morgan fingerprint density at radius 1 is 1.05 bits per heavy atom. The van der Waals surface area contributed by atoms with E-state index in [4.69, 9.17) is 11.6 Å². The van der Waals surface area contributed by atoms with E-state index in [0.29, 0.717) is 11.6 Å². The van der Waals surface area contributed by atoms with Gasteiger partial charge in [-0.05, 0) is 73.9 Å². The molecule has 0 radical (unpaired) electrons. The highest BCUT2D eigenvalue weighted by Gasteiger charge is 2.27. The Kier molecular flexibility index (Phi) is 7.76. The highest BCUT2D eigenvalue weighted by molar-refractivity contribution is 7.97. The maximum Gasteiger partial charge on any atom is 0.176 e. The second kappa shape index (κ2) is 11.4. The number of halogens is 1. The first-order valence-electron chi connectivity index (χ1n) is 14.2. The molecule has 2 aromatic heterocycles. The molecule has 1 aliphatic rings. The van der Waals surface area contributed by atoms with Crippen LogP contribution >= 0.6 is 23.5 Å². The van der Waals surface area contributed by atoms with Crippen molar-refractivity contribution in [1.29, 1.82) is 0 Å². The van der Waals surface area contributed by atoms with Crippen LogP contribution in [0, 0.1) is 13.8 Å². The molecule has 206 valence electrons. The van der Waals surface area contributed by atoms with Crippen LogP contribution in [0.25, 0.3) is 32.8 Å². The fourth-order valence-electron chi connectivity index (χ4n) is 6.34. The number of carbonyl (C=O) groups is 1. The fourth-order valence-corrected chi connectivity index (χ4v) is 7.24. The number of aromatic amines is 1. The number of benzene rings is 3. The van der Waals surface area contributed by atoms with Crippen LogP contribution in [-0.2, 0) is 25.9 Å². The Bertz CT molecular complexity index is 1730. The first-order valence-corrected chi connectivity index (χ1v) is 15.5. The normalized spacial score (nSPS) is 13.9. The molecule has 0 bridgehead atoms. The minimum atomic E-state index is 0.113. The Hall–Kier alpha value is -3.06. The lowest BCUT2D eigenvalue weighted by atomic mass is 9.95. The Morgan fingerprint density at radius 2 is 1.88 bits per heavy atom. The van der Waals surface area contributed by atoms with Gasteiger partial charge in [-0.15, -0.1) is 0 Å². The molecule has 0 spiro atoms. The number of nitrogens with zero attached hydrogens (tertiary/aromatic N) is 2. The molecule has 2 N–H and O–H groups in total. The molecule has 7 heteroatoms. The smallest absolute Gasteiger partial charge is 0.176 e. The quantitative estimate of drug-likeness (QED) is 0.122. The van der Waals surface area contributed by atoms with E-state index in [1.165, 1.54) is 21.9 Å². The predicted molar refractivity (Wildman–Crippen MR) is 169 cm³/mol. The van der Waals surface area contributed by atoms with Crippen LogP contribution in [0.15, 0.2) is 48.5 Å². The highest BCUT2D eigenvalue weighted by atomic mass is 35.5. The monoisotopic (exact) mass is 570 g/mol. The lowest BCUT2D eigenvalue weighted by molar-refractivity contribution is 0.100. The lowest BCUT2D eigenvalue weighted by Gasteiger charge is -2.13. The number of ketones is 1. The summed E-state index contributed by atoms with van der Waals surface area (Å²) in [5.74, 6) is 1.06. The molecule has 0 fully saturated rings. The van der Waals surface area contributed by atoms with Crippen LogP contribution in [0.1, 0.15) is 64.8 Å². The van der Waals surface area contributed by atoms with Crippen molar-refractivity contribution in [3.05, 3.63) is 87.3 Å². The van der Waals surface area contributed by atoms with Gasteiger partial charge in [-0.2, -0.15) is 5.10 Å². The number of Topliss-reactive ketones (excluding diaryl/α,β-unsaturated/α-hetero) is 1. The largest absolute Gasteiger partial charge is 0.337 e. The number of hydrogen-bond acceptors (Lipinski definition) is 4. The maximum atomic E-state index is 13.3. The van der Waals surface area contributed by atoms with Crippen molar-refractivity contribution in [2.75, 3.05) is 5.75 Å². The van der Waals surface area contributed by atoms with E-state index in [0.717, 1.165) is 89.1 Å². The molecule has 0 unspecified atom stereocenters. The second-order valence-electron chi connectivity index (χ2n) is 10.9. The van der Waals surface area contributed by atoms with Crippen molar-refractivity contribution in [2.45, 2.75) is 66.0 Å². The van der Waals surface area contributed by atoms with E-state index in [9.17, 15) is 4.79 Å². The summed E-state index contributed by atoms with van der Waals surface area (Å²) in [5.41, 5.74) is 9.68. The van der Waals surface area contributed by atoms with E-state index in [1.54, 1.807) is 18.9 Å². The molecule has 5 aromatic rings. The summed E-state index contributed by atoms with van der Waals surface area (Å²) in [7, 11) is 0. The summed E-state index contributed by atoms with van der Waals surface area (Å²) < 4.78 is 5.70. The number of H-pyrrole nitrogens is 1. The van der Waals surface area contributed by atoms with Crippen LogP contribution in [0.5, 0.6) is 0 Å². The number of unbranched alkanes of at least 4 members (excludes halogenated alkanes) is 1. The van der Waals surface area contributed by atoms with Gasteiger partial charge in [0, 0.05) is 41.4 Å². The third-order valence-electron chi connectivity index (χ3n) is 8.10. The Labute approximate surface area is 244 Å². The van der Waals surface area contributed by atoms with Gasteiger partial charge in [0.15, 0.2) is 5.78 Å². The van der Waals surface area contributed by atoms with Gasteiger partial charge in [0.1, 0.15) is 0 Å². The third-order valence-corrected chi connectivity index (χ3v) is 9.26. The number of rotatable bonds is 6. The van der Waals surface area contributed by atoms with Crippen LogP contribution < -0.4 is 4.72 Å². The van der Waals surface area contributed by atoms with Crippen molar-refractivity contribution in [3.8, 4) is 11.1 Å². The number of carbonyl (C=O) groups excluding carboxylic acids is 1. The number of fused-ring (bicyclic) bond motifs is 3. The number of nitrogens with one attached hydrogen (secondary N) is 2. The summed E-state index contributed by atoms with van der Waals surface area (Å²) in [6, 6.07) is 17.4. The van der Waals surface area contributed by atoms with Gasteiger partial charge in [0.25, 0.3) is 0 Å². The van der Waals surface area contributed by atoms with Crippen LogP contribution in [0.4, 0.5) is 0 Å². The zero-order valence-electron chi connectivity index (χ0n) is 23.4. The van der Waals surface area contributed by atoms with Crippen molar-refractivity contribution in [2.24, 2.45) is 0 Å². The number of hydrogen-bond donors (Lipinski definition) is 2. The minimum absolute atomic E-state index is 0.113. The van der Waals surface area contributed by atoms with Gasteiger partial charge in [-0.1, -0.05) is 71.6 Å². The summed E-state index contributed by atoms with van der Waals surface area (Å²) in [4.78, 5) is 13.3. The van der Waals surface area contributed by atoms with Crippen molar-refractivity contribution >= 4 is 51.0 Å². The molecule has 5 nitrogen and oxygen atoms in total. The lowest BCUT2D eigenvalue weighted by Crippen LogP contribution is -2.10. The summed E-state index contributed by atoms with van der Waals surface area (Å²) in [6.07, 6.45) is 4.90. The van der Waals surface area contributed by atoms with E-state index >= 15 is 0 Å². The fraction of sp³-hybridized carbons (Fsp3) is 0.333. The van der Waals surface area contributed by atoms with Crippen molar-refractivity contribution < 1.29 is 4.79 Å². The SMILES string of the molecule is CC(=O)c1c(CCCCc2cccc3cc(C)ccc23)c2ccc(Cl)c3c2n1CCCSNCc1n[nH]c(C)c1-3. The van der Waals surface area contributed by atoms with E-state index in [2.05, 4.69) is 68.9 Å². The van der Waals surface area contributed by atoms with Crippen LogP contribution in [0.2, 0.25) is 5.02 Å². The molecular formula is C33H35ClN4OS. The predicted octanol–water partition coefficient (Wildman–Crippen LogP) is 8.36. The first-order chi connectivity index (χ1) is 19.4. The number of aryl methyl sites for hydroxylation is 5. The van der Waals surface area contributed by atoms with Gasteiger partial charge in [-0.3, -0.25) is 14.6 Å². The summed E-state index contributed by atoms with van der Waals surface area (Å²) >= 11 is 8.66. The molecule has 6 rings (SSSR count). The van der Waals surface area contributed by atoms with Gasteiger partial charge in [0.05, 0.1) is 28.5 Å². The van der Waals surface area contributed by atoms with Gasteiger partial charge < -0.3 is 4.57 Å². The summed E-state index contributed by atoms with van der Waals surface area (Å²) in [5, 5.41) is 12.3. The maximum absolute atomic E-state index is 13.3. The molecule has 0 aliphatic carbocycles. The molecular weight excluding hydrogens is 536 g/mol. The molecule has 0 saturated carbocycles. The molecule has 0 amide bonds. The van der Waals surface area contributed by atoms with Crippen LogP contribution in [0.3, 0.4) is 0 Å². The third kappa shape index (κ3) is 4.98. The van der Waals surface area contributed by atoms with E-state index in [-0.39, 0.29) is 5.78 Å². The standard InChI is InChI=1S/C33H35ClN4OS/c1-20-12-13-25-23(9-6-10-24(25)18-20)8-4-5-11-26-27-14-15-28(34)31-30-21(2)36-37-29(30)19-35-40-17-7-16-38(33(27)31)32(26)22(3)39/h6,9-10,12-15,18,35H,4-5,7-8,11,16-17,19H2,1-3H3,(H,36,37). The minimum Gasteiger partial charge on any atom is -0.337 e. The molecule has 3 aromatic carbocycles. The average Bonchev–Trinajstić information content (AvgIpc) is 3.44. The van der Waals surface area contributed by atoms with Crippen molar-refractivity contribution in [1.82, 2.24) is 19.5 Å². The van der Waals surface area contributed by atoms with E-state index < -0.39 is 0 Å². The molecule has 0 saturated heterocycles. The van der Waals surface area contributed by atoms with Gasteiger partial charge >= 0.3 is 0 Å². The Morgan fingerprint density at radius 3 is 2.73 bits per heavy atom. The molecule has 40 heavy (non-hydrogen) atoms. The second-order valence-corrected chi connectivity index (χ2v) is 12.3. The number of aromatic nitrogens is 3. The van der Waals surface area contributed by atoms with E-state index in [1.807, 2.05) is 13.0 Å². The Balaban J connectivity index is 1.39. The summed E-state index contributed by atoms with van der Waals surface area (Å²) in [6.45, 7) is 7.32. The zero-order chi connectivity index (χ0) is 27.8. The topological polar surface area (TPSA) is 62.7 Å². The first kappa shape index (κ1) is 27.1. The van der Waals surface area contributed by atoms with Crippen molar-refractivity contribution in [3.63, 3.8) is 0 Å². The molecule has 3 heterocycles. The van der Waals surface area contributed by atoms with Gasteiger partial charge in [-0.25, -0.2) is 0 Å². The average molecular weight is 571 g/mol. The van der Waals surface area contributed by atoms with Crippen LogP contribution in [-0.4, -0.2) is 26.3 Å². The van der Waals surface area contributed by atoms with Gasteiger partial charge in [0.2, 0.25) is 0 Å². The molecule has 0 atom stereocenters. The molecule has 1 aliphatic heterocycles.